The molecule has 3 aromatic rings. The molecule has 0 radical (unpaired) electrons. The number of para-hydroxylation sites is 1. The van der Waals surface area contributed by atoms with Gasteiger partial charge in [-0.2, -0.15) is 0 Å². The van der Waals surface area contributed by atoms with Gasteiger partial charge in [0.2, 0.25) is 0 Å². The van der Waals surface area contributed by atoms with E-state index < -0.39 is 21.6 Å². The molecule has 0 aliphatic heterocycles. The van der Waals surface area contributed by atoms with Crippen molar-refractivity contribution < 1.29 is 17.9 Å². The van der Waals surface area contributed by atoms with E-state index in [4.69, 9.17) is 4.74 Å². The molecule has 27 heavy (non-hydrogen) atoms. The third kappa shape index (κ3) is 4.11. The normalized spacial score (nSPS) is 12.6. The number of aromatic nitrogens is 1. The lowest BCUT2D eigenvalue weighted by atomic mass is 10.1. The van der Waals surface area contributed by atoms with E-state index in [2.05, 4.69) is 0 Å². The highest BCUT2D eigenvalue weighted by molar-refractivity contribution is 7.90. The van der Waals surface area contributed by atoms with Crippen molar-refractivity contribution in [1.82, 2.24) is 3.97 Å². The van der Waals surface area contributed by atoms with Crippen molar-refractivity contribution in [3.05, 3.63) is 72.4 Å². The highest BCUT2D eigenvalue weighted by Gasteiger charge is 2.20. The Labute approximate surface area is 158 Å². The fraction of sp³-hybridized carbons (Fsp3) is 0.190. The lowest BCUT2D eigenvalue weighted by Crippen LogP contribution is -2.22. The van der Waals surface area contributed by atoms with Crippen LogP contribution in [0.4, 0.5) is 0 Å². The number of ether oxygens (including phenoxy) is 1. The average Bonchev–Trinajstić information content (AvgIpc) is 2.99. The van der Waals surface area contributed by atoms with Crippen LogP contribution in [0.3, 0.4) is 0 Å². The van der Waals surface area contributed by atoms with Crippen molar-refractivity contribution in [3.8, 4) is 0 Å². The highest BCUT2D eigenvalue weighted by Crippen LogP contribution is 2.27. The summed E-state index contributed by atoms with van der Waals surface area (Å²) in [7, 11) is -3.75. The van der Waals surface area contributed by atoms with Gasteiger partial charge in [0.15, 0.2) is 0 Å². The quantitative estimate of drug-likeness (QED) is 0.499. The second-order valence-electron chi connectivity index (χ2n) is 7.08. The third-order valence-electron chi connectivity index (χ3n) is 3.81. The molecule has 0 aliphatic rings. The van der Waals surface area contributed by atoms with E-state index in [-0.39, 0.29) is 4.90 Å². The molecule has 0 amide bonds. The van der Waals surface area contributed by atoms with E-state index in [0.29, 0.717) is 11.1 Å². The second kappa shape index (κ2) is 7.04. The average molecular weight is 383 g/mol. The van der Waals surface area contributed by atoms with Gasteiger partial charge >= 0.3 is 5.97 Å². The summed E-state index contributed by atoms with van der Waals surface area (Å²) in [6, 6.07) is 15.4. The van der Waals surface area contributed by atoms with Gasteiger partial charge in [-0.25, -0.2) is 17.2 Å². The first kappa shape index (κ1) is 18.9. The van der Waals surface area contributed by atoms with Gasteiger partial charge in [-0.3, -0.25) is 0 Å². The van der Waals surface area contributed by atoms with E-state index in [0.717, 1.165) is 5.39 Å². The molecule has 0 aliphatic carbocycles. The van der Waals surface area contributed by atoms with Crippen LogP contribution in [0.1, 0.15) is 26.3 Å². The molecule has 0 saturated heterocycles. The Morgan fingerprint density at radius 2 is 1.63 bits per heavy atom. The third-order valence-corrected chi connectivity index (χ3v) is 5.50. The fourth-order valence-electron chi connectivity index (χ4n) is 2.71. The molecule has 1 aromatic heterocycles. The van der Waals surface area contributed by atoms with E-state index in [1.54, 1.807) is 69.3 Å². The largest absolute Gasteiger partial charge is 0.457 e. The summed E-state index contributed by atoms with van der Waals surface area (Å²) in [5.74, 6) is -0.481. The summed E-state index contributed by atoms with van der Waals surface area (Å²) in [4.78, 5) is 12.2. The van der Waals surface area contributed by atoms with E-state index in [9.17, 15) is 13.2 Å². The standard InChI is InChI=1S/C21H21NO4S/c1-21(2,3)26-20(23)14-13-16-15-22(19-12-8-7-11-18(16)19)27(24,25)17-9-5-4-6-10-17/h4-15H,1-3H3/b14-13+. The first-order chi connectivity index (χ1) is 12.7. The van der Waals surface area contributed by atoms with Gasteiger partial charge in [-0.05, 0) is 45.0 Å². The van der Waals surface area contributed by atoms with Gasteiger partial charge in [0.05, 0.1) is 10.4 Å². The Morgan fingerprint density at radius 3 is 2.30 bits per heavy atom. The van der Waals surface area contributed by atoms with Crippen LogP contribution in [0.5, 0.6) is 0 Å². The van der Waals surface area contributed by atoms with Gasteiger partial charge < -0.3 is 4.74 Å². The summed E-state index contributed by atoms with van der Waals surface area (Å²) in [6.45, 7) is 5.37. The molecule has 140 valence electrons. The number of carbonyl (C=O) groups excluding carboxylic acids is 1. The van der Waals surface area contributed by atoms with Crippen molar-refractivity contribution in [2.24, 2.45) is 0 Å². The molecule has 0 fully saturated rings. The zero-order valence-electron chi connectivity index (χ0n) is 15.4. The minimum absolute atomic E-state index is 0.202. The van der Waals surface area contributed by atoms with Crippen molar-refractivity contribution >= 4 is 33.0 Å². The molecule has 0 atom stereocenters. The molecule has 5 nitrogen and oxygen atoms in total. The molecular formula is C21H21NO4S. The predicted octanol–water partition coefficient (Wildman–Crippen LogP) is 4.23. The van der Waals surface area contributed by atoms with Gasteiger partial charge in [0.1, 0.15) is 5.60 Å². The maximum Gasteiger partial charge on any atom is 0.331 e. The first-order valence-electron chi connectivity index (χ1n) is 8.50. The second-order valence-corrected chi connectivity index (χ2v) is 8.90. The number of hydrogen-bond acceptors (Lipinski definition) is 4. The summed E-state index contributed by atoms with van der Waals surface area (Å²) < 4.78 is 32.6. The molecule has 3 rings (SSSR count). The predicted molar refractivity (Wildman–Crippen MR) is 106 cm³/mol. The molecule has 0 unspecified atom stereocenters. The molecule has 2 aromatic carbocycles. The van der Waals surface area contributed by atoms with Crippen LogP contribution in [-0.2, 0) is 19.6 Å². The molecule has 6 heteroatoms. The van der Waals surface area contributed by atoms with Crippen LogP contribution in [-0.4, -0.2) is 24.0 Å². The summed E-state index contributed by atoms with van der Waals surface area (Å²) in [6.07, 6.45) is 4.41. The zero-order valence-corrected chi connectivity index (χ0v) is 16.2. The summed E-state index contributed by atoms with van der Waals surface area (Å²) in [5.41, 5.74) is 0.577. The lowest BCUT2D eigenvalue weighted by molar-refractivity contribution is -0.148. The number of rotatable bonds is 4. The maximum atomic E-state index is 13.0. The van der Waals surface area contributed by atoms with E-state index >= 15 is 0 Å². The number of nitrogens with zero attached hydrogens (tertiary/aromatic N) is 1. The zero-order chi connectivity index (χ0) is 19.7. The SMILES string of the molecule is CC(C)(C)OC(=O)/C=C/c1cn(S(=O)(=O)c2ccccc2)c2ccccc12. The number of hydrogen-bond donors (Lipinski definition) is 0. The van der Waals surface area contributed by atoms with Crippen LogP contribution in [0.25, 0.3) is 17.0 Å². The molecule has 0 bridgehead atoms. The highest BCUT2D eigenvalue weighted by atomic mass is 32.2. The van der Waals surface area contributed by atoms with Gasteiger partial charge in [-0.1, -0.05) is 36.4 Å². The smallest absolute Gasteiger partial charge is 0.331 e. The lowest BCUT2D eigenvalue weighted by Gasteiger charge is -2.17. The van der Waals surface area contributed by atoms with E-state index in [1.807, 2.05) is 12.1 Å². The Bertz CT molecular complexity index is 1100. The summed E-state index contributed by atoms with van der Waals surface area (Å²) in [5, 5.41) is 0.733. The van der Waals surface area contributed by atoms with Crippen molar-refractivity contribution in [1.29, 1.82) is 0 Å². The van der Waals surface area contributed by atoms with Crippen LogP contribution in [0.2, 0.25) is 0 Å². The number of carbonyl (C=O) groups is 1. The topological polar surface area (TPSA) is 65.4 Å². The van der Waals surface area contributed by atoms with Crippen LogP contribution >= 0.6 is 0 Å². The minimum atomic E-state index is -3.75. The molecule has 0 saturated carbocycles. The van der Waals surface area contributed by atoms with Crippen LogP contribution in [0, 0.1) is 0 Å². The van der Waals surface area contributed by atoms with Gasteiger partial charge in [0, 0.05) is 23.2 Å². The fourth-order valence-corrected chi connectivity index (χ4v) is 4.11. The Balaban J connectivity index is 2.06. The van der Waals surface area contributed by atoms with Crippen LogP contribution in [0.15, 0.2) is 71.8 Å². The maximum absolute atomic E-state index is 13.0. The van der Waals surface area contributed by atoms with Gasteiger partial charge in [-0.15, -0.1) is 0 Å². The van der Waals surface area contributed by atoms with Crippen molar-refractivity contribution in [2.75, 3.05) is 0 Å². The molecule has 1 heterocycles. The number of fused-ring (bicyclic) bond motifs is 1. The number of benzene rings is 2. The van der Waals surface area contributed by atoms with Crippen molar-refractivity contribution in [2.45, 2.75) is 31.3 Å². The van der Waals surface area contributed by atoms with Crippen molar-refractivity contribution in [3.63, 3.8) is 0 Å². The summed E-state index contributed by atoms with van der Waals surface area (Å²) >= 11 is 0. The molecule has 0 N–H and O–H groups in total. The Hall–Kier alpha value is -2.86. The Kier molecular flexibility index (Phi) is 4.93. The van der Waals surface area contributed by atoms with Gasteiger partial charge in [0.25, 0.3) is 10.0 Å². The monoisotopic (exact) mass is 383 g/mol. The number of esters is 1. The molecular weight excluding hydrogens is 362 g/mol. The van der Waals surface area contributed by atoms with E-state index in [1.165, 1.54) is 16.2 Å². The Morgan fingerprint density at radius 1 is 1.00 bits per heavy atom. The minimum Gasteiger partial charge on any atom is -0.457 e. The first-order valence-corrected chi connectivity index (χ1v) is 9.94. The molecule has 0 spiro atoms. The van der Waals surface area contributed by atoms with Crippen LogP contribution < -0.4 is 0 Å².